The van der Waals surface area contributed by atoms with E-state index < -0.39 is 0 Å². The van der Waals surface area contributed by atoms with Crippen LogP contribution in [0.2, 0.25) is 0 Å². The van der Waals surface area contributed by atoms with Crippen LogP contribution in [0.3, 0.4) is 0 Å². The van der Waals surface area contributed by atoms with E-state index in [-0.39, 0.29) is 11.9 Å². The average Bonchev–Trinajstić information content (AvgIpc) is 4.03. The molecule has 0 radical (unpaired) electrons. The summed E-state index contributed by atoms with van der Waals surface area (Å²) in [6.07, 6.45) is 4.47. The lowest BCUT2D eigenvalue weighted by Crippen LogP contribution is -2.39. The molecule has 4 N–H and O–H groups in total. The van der Waals surface area contributed by atoms with Gasteiger partial charge in [0.05, 0.1) is 62.9 Å². The number of hydrogen-bond acceptors (Lipinski definition) is 12. The number of amides is 1. The minimum atomic E-state index is -0.283. The molecular formula is C50H62Br2N4O9. The number of methoxy groups -OCH3 is 8. The molecule has 0 spiro atoms. The van der Waals surface area contributed by atoms with Gasteiger partial charge >= 0.3 is 0 Å². The summed E-state index contributed by atoms with van der Waals surface area (Å²) in [5.41, 5.74) is 7.89. The second kappa shape index (κ2) is 22.5. The first-order valence-electron chi connectivity index (χ1n) is 21.7. The predicted molar refractivity (Wildman–Crippen MR) is 267 cm³/mol. The van der Waals surface area contributed by atoms with Crippen molar-refractivity contribution in [2.75, 3.05) is 76.5 Å². The van der Waals surface area contributed by atoms with E-state index in [1.807, 2.05) is 48.5 Å². The SMILES string of the molecule is CC1CCCN1.CCNCc1c(Br)c2cc(OC)c(OC)cc2c2cc(OC)c(OC)cc12.COc1cc2c(Br)c(CN3CCCC3C(N)=O)c3cc(OC)c(OC)cc3c2cc1OC. The molecule has 350 valence electrons. The number of primary amides is 1. The number of rotatable bonds is 14. The van der Waals surface area contributed by atoms with Gasteiger partial charge in [-0.2, -0.15) is 0 Å². The fourth-order valence-corrected chi connectivity index (χ4v) is 10.2. The quantitative estimate of drug-likeness (QED) is 0.0894. The molecule has 0 aliphatic carbocycles. The number of carbonyl (C=O) groups excluding carboxylic acids is 1. The molecule has 0 saturated carbocycles. The summed E-state index contributed by atoms with van der Waals surface area (Å²) in [4.78, 5) is 14.1. The number of ether oxygens (including phenoxy) is 8. The maximum atomic E-state index is 12.0. The zero-order valence-corrected chi connectivity index (χ0v) is 42.3. The Morgan fingerprint density at radius 2 is 0.969 bits per heavy atom. The Labute approximate surface area is 398 Å². The van der Waals surface area contributed by atoms with Crippen LogP contribution in [0, 0.1) is 0 Å². The summed E-state index contributed by atoms with van der Waals surface area (Å²) in [6.45, 7) is 8.56. The van der Waals surface area contributed by atoms with Crippen molar-refractivity contribution in [2.45, 2.75) is 64.7 Å². The highest BCUT2D eigenvalue weighted by Gasteiger charge is 2.31. The number of benzene rings is 6. The Morgan fingerprint density at radius 1 is 0.600 bits per heavy atom. The molecule has 15 heteroatoms. The summed E-state index contributed by atoms with van der Waals surface area (Å²) in [5, 5.41) is 15.0. The molecule has 2 aliphatic rings. The Kier molecular flexibility index (Phi) is 17.1. The van der Waals surface area contributed by atoms with Crippen molar-refractivity contribution in [3.63, 3.8) is 0 Å². The molecule has 13 nitrogen and oxygen atoms in total. The van der Waals surface area contributed by atoms with Gasteiger partial charge in [-0.25, -0.2) is 0 Å². The van der Waals surface area contributed by atoms with Gasteiger partial charge in [-0.3, -0.25) is 9.69 Å². The number of nitrogens with zero attached hydrogens (tertiary/aromatic N) is 1. The molecule has 2 unspecified atom stereocenters. The lowest BCUT2D eigenvalue weighted by Gasteiger charge is -2.25. The first kappa shape index (κ1) is 49.5. The fourth-order valence-electron chi connectivity index (χ4n) is 8.81. The van der Waals surface area contributed by atoms with Gasteiger partial charge in [0, 0.05) is 38.8 Å². The molecule has 0 bridgehead atoms. The Bertz CT molecular complexity index is 2660. The van der Waals surface area contributed by atoms with Gasteiger partial charge in [-0.05, 0) is 176 Å². The Hall–Kier alpha value is -4.93. The number of fused-ring (bicyclic) bond motifs is 6. The third-order valence-electron chi connectivity index (χ3n) is 12.2. The minimum Gasteiger partial charge on any atom is -0.493 e. The number of halogens is 2. The highest BCUT2D eigenvalue weighted by molar-refractivity contribution is 9.11. The van der Waals surface area contributed by atoms with Crippen LogP contribution in [0.25, 0.3) is 43.1 Å². The van der Waals surface area contributed by atoms with E-state index in [1.165, 1.54) is 19.4 Å². The molecule has 8 rings (SSSR count). The highest BCUT2D eigenvalue weighted by atomic mass is 79.9. The predicted octanol–water partition coefficient (Wildman–Crippen LogP) is 9.90. The molecule has 2 heterocycles. The lowest BCUT2D eigenvalue weighted by molar-refractivity contribution is -0.122. The van der Waals surface area contributed by atoms with Crippen molar-refractivity contribution >= 4 is 80.9 Å². The summed E-state index contributed by atoms with van der Waals surface area (Å²) in [7, 11) is 13.1. The maximum Gasteiger partial charge on any atom is 0.234 e. The third-order valence-corrected chi connectivity index (χ3v) is 14.1. The van der Waals surface area contributed by atoms with E-state index >= 15 is 0 Å². The van der Waals surface area contributed by atoms with Gasteiger partial charge < -0.3 is 54.3 Å². The average molecular weight is 1020 g/mol. The van der Waals surface area contributed by atoms with Gasteiger partial charge in [0.15, 0.2) is 46.0 Å². The number of nitrogens with one attached hydrogen (secondary N) is 2. The molecule has 2 aliphatic heterocycles. The summed E-state index contributed by atoms with van der Waals surface area (Å²) in [6, 6.07) is 16.5. The molecule has 6 aromatic carbocycles. The van der Waals surface area contributed by atoms with Crippen LogP contribution in [0.1, 0.15) is 50.7 Å². The van der Waals surface area contributed by atoms with Gasteiger partial charge in [0.1, 0.15) is 0 Å². The Morgan fingerprint density at radius 3 is 1.31 bits per heavy atom. The van der Waals surface area contributed by atoms with Crippen LogP contribution in [0.5, 0.6) is 46.0 Å². The summed E-state index contributed by atoms with van der Waals surface area (Å²) < 4.78 is 46.3. The second-order valence-electron chi connectivity index (χ2n) is 15.9. The summed E-state index contributed by atoms with van der Waals surface area (Å²) in [5.74, 6) is 5.06. The molecule has 1 amide bonds. The van der Waals surface area contributed by atoms with E-state index in [2.05, 4.69) is 61.2 Å². The van der Waals surface area contributed by atoms with Gasteiger partial charge in [-0.1, -0.05) is 6.92 Å². The smallest absolute Gasteiger partial charge is 0.234 e. The monoisotopic (exact) mass is 1020 g/mol. The Balaban J connectivity index is 0.000000193. The second-order valence-corrected chi connectivity index (χ2v) is 17.5. The van der Waals surface area contributed by atoms with Crippen molar-refractivity contribution in [2.24, 2.45) is 5.73 Å². The lowest BCUT2D eigenvalue weighted by atomic mass is 9.95. The number of carbonyl (C=O) groups is 1. The third kappa shape index (κ3) is 10.4. The van der Waals surface area contributed by atoms with E-state index in [0.717, 1.165) is 102 Å². The number of likely N-dealkylation sites (tertiary alicyclic amines) is 1. The van der Waals surface area contributed by atoms with E-state index in [0.29, 0.717) is 52.5 Å². The van der Waals surface area contributed by atoms with Crippen molar-refractivity contribution < 1.29 is 42.7 Å². The maximum absolute atomic E-state index is 12.0. The standard InChI is InChI=1S/C24H27BrN2O5.C21H24BrNO4.C5H11N/c1-29-19-8-13-14-9-20(30-2)22(32-4)11-16(14)23(25)17(15(13)10-21(19)31-3)12-27-7-5-6-18(27)24(26)28;1-6-23-11-16-14-9-19(26-4)17(24-2)7-12(14)13-8-18(25-3)20(27-5)10-15(13)21(16)22;1-5-3-2-4-6-5/h8-11,18H,5-7,12H2,1-4H3,(H2,26,28);7-10,23H,6,11H2,1-5H3;5-6H,2-4H2,1H3. The van der Waals surface area contributed by atoms with Crippen molar-refractivity contribution in [3.05, 3.63) is 68.6 Å². The van der Waals surface area contributed by atoms with E-state index in [1.54, 1.807) is 56.9 Å². The van der Waals surface area contributed by atoms with Crippen molar-refractivity contribution in [1.29, 1.82) is 0 Å². The fraction of sp³-hybridized carbons (Fsp3) is 0.420. The van der Waals surface area contributed by atoms with Gasteiger partial charge in [0.25, 0.3) is 0 Å². The highest BCUT2D eigenvalue weighted by Crippen LogP contribution is 2.47. The van der Waals surface area contributed by atoms with Crippen LogP contribution in [-0.4, -0.2) is 99.4 Å². The molecule has 6 aromatic rings. The normalized spacial score (nSPS) is 15.9. The van der Waals surface area contributed by atoms with E-state index in [9.17, 15) is 4.79 Å². The van der Waals surface area contributed by atoms with Crippen LogP contribution in [0.4, 0.5) is 0 Å². The largest absolute Gasteiger partial charge is 0.493 e. The molecule has 2 atom stereocenters. The van der Waals surface area contributed by atoms with Gasteiger partial charge in [0.2, 0.25) is 5.91 Å². The topological polar surface area (TPSA) is 144 Å². The molecular weight excluding hydrogens is 960 g/mol. The van der Waals surface area contributed by atoms with Crippen LogP contribution in [0.15, 0.2) is 57.5 Å². The first-order chi connectivity index (χ1) is 31.4. The first-order valence-corrected chi connectivity index (χ1v) is 23.3. The summed E-state index contributed by atoms with van der Waals surface area (Å²) >= 11 is 7.66. The molecule has 65 heavy (non-hydrogen) atoms. The molecule has 2 saturated heterocycles. The van der Waals surface area contributed by atoms with Crippen molar-refractivity contribution in [1.82, 2.24) is 15.5 Å². The zero-order valence-electron chi connectivity index (χ0n) is 39.1. The van der Waals surface area contributed by atoms with Crippen LogP contribution >= 0.6 is 31.9 Å². The van der Waals surface area contributed by atoms with E-state index in [4.69, 9.17) is 43.6 Å². The molecule has 2 fully saturated rings. The zero-order chi connectivity index (χ0) is 46.9. The van der Waals surface area contributed by atoms with Crippen LogP contribution in [-0.2, 0) is 17.9 Å². The van der Waals surface area contributed by atoms with Crippen molar-refractivity contribution in [3.8, 4) is 46.0 Å². The number of hydrogen-bond donors (Lipinski definition) is 3. The molecule has 0 aromatic heterocycles. The van der Waals surface area contributed by atoms with Crippen LogP contribution < -0.4 is 54.3 Å². The minimum absolute atomic E-state index is 0.266. The number of nitrogens with two attached hydrogens (primary N) is 1. The van der Waals surface area contributed by atoms with Gasteiger partial charge in [-0.15, -0.1) is 0 Å².